The number of urea groups is 1. The standard InChI is InChI=1S/C19H29ClN4O3S/c20-18-7-5-17(6-8-18)9-10-21-19(25)22-13-15-24(16-14-22)28(26,27)23-11-3-1-2-4-12-23/h5-8H,1-4,9-16H2,(H,21,25). The predicted octanol–water partition coefficient (Wildman–Crippen LogP) is 2.33. The molecule has 0 saturated carbocycles. The summed E-state index contributed by atoms with van der Waals surface area (Å²) in [5.41, 5.74) is 1.11. The van der Waals surface area contributed by atoms with Crippen molar-refractivity contribution in [1.29, 1.82) is 0 Å². The van der Waals surface area contributed by atoms with Crippen molar-refractivity contribution in [3.63, 3.8) is 0 Å². The molecular formula is C19H29ClN4O3S. The second-order valence-electron chi connectivity index (χ2n) is 7.32. The van der Waals surface area contributed by atoms with E-state index in [2.05, 4.69) is 5.32 Å². The highest BCUT2D eigenvalue weighted by Gasteiger charge is 2.33. The molecule has 0 unspecified atom stereocenters. The van der Waals surface area contributed by atoms with Gasteiger partial charge in [0.25, 0.3) is 10.2 Å². The van der Waals surface area contributed by atoms with E-state index in [1.54, 1.807) is 9.21 Å². The molecule has 9 heteroatoms. The van der Waals surface area contributed by atoms with Gasteiger partial charge in [0.1, 0.15) is 0 Å². The van der Waals surface area contributed by atoms with Gasteiger partial charge in [-0.3, -0.25) is 0 Å². The summed E-state index contributed by atoms with van der Waals surface area (Å²) in [5.74, 6) is 0. The Morgan fingerprint density at radius 2 is 1.46 bits per heavy atom. The van der Waals surface area contributed by atoms with E-state index in [0.717, 1.165) is 37.7 Å². The zero-order valence-electron chi connectivity index (χ0n) is 16.1. The summed E-state index contributed by atoms with van der Waals surface area (Å²) in [6.45, 7) is 3.28. The topological polar surface area (TPSA) is 73.0 Å². The fourth-order valence-corrected chi connectivity index (χ4v) is 5.43. The van der Waals surface area contributed by atoms with Crippen molar-refractivity contribution in [1.82, 2.24) is 18.8 Å². The Bertz CT molecular complexity index is 741. The van der Waals surface area contributed by atoms with Crippen LogP contribution in [-0.2, 0) is 16.6 Å². The molecule has 28 heavy (non-hydrogen) atoms. The second-order valence-corrected chi connectivity index (χ2v) is 9.68. The minimum atomic E-state index is -3.42. The fraction of sp³-hybridized carbons (Fsp3) is 0.632. The first-order chi connectivity index (χ1) is 13.5. The molecule has 2 heterocycles. The van der Waals surface area contributed by atoms with Crippen molar-refractivity contribution in [2.24, 2.45) is 0 Å². The van der Waals surface area contributed by atoms with Crippen molar-refractivity contribution >= 4 is 27.8 Å². The minimum absolute atomic E-state index is 0.138. The third kappa shape index (κ3) is 5.59. The zero-order chi connectivity index (χ0) is 20.0. The number of carbonyl (C=O) groups excluding carboxylic acids is 1. The molecule has 3 rings (SSSR count). The van der Waals surface area contributed by atoms with Crippen LogP contribution in [0, 0.1) is 0 Å². The maximum Gasteiger partial charge on any atom is 0.317 e. The minimum Gasteiger partial charge on any atom is -0.338 e. The zero-order valence-corrected chi connectivity index (χ0v) is 17.7. The SMILES string of the molecule is O=C(NCCc1ccc(Cl)cc1)N1CCN(S(=O)(=O)N2CCCCCC2)CC1. The lowest BCUT2D eigenvalue weighted by molar-refractivity contribution is 0.169. The fourth-order valence-electron chi connectivity index (χ4n) is 3.63. The van der Waals surface area contributed by atoms with E-state index in [9.17, 15) is 13.2 Å². The maximum atomic E-state index is 12.8. The van der Waals surface area contributed by atoms with Gasteiger partial charge in [0.05, 0.1) is 0 Å². The Balaban J connectivity index is 1.43. The van der Waals surface area contributed by atoms with Gasteiger partial charge in [0.2, 0.25) is 0 Å². The quantitative estimate of drug-likeness (QED) is 0.782. The summed E-state index contributed by atoms with van der Waals surface area (Å²) < 4.78 is 28.8. The van der Waals surface area contributed by atoms with Crippen LogP contribution in [0.5, 0.6) is 0 Å². The van der Waals surface area contributed by atoms with Gasteiger partial charge in [-0.25, -0.2) is 4.79 Å². The molecular weight excluding hydrogens is 400 g/mol. The van der Waals surface area contributed by atoms with Crippen LogP contribution >= 0.6 is 11.6 Å². The summed E-state index contributed by atoms with van der Waals surface area (Å²) in [7, 11) is -3.42. The van der Waals surface area contributed by atoms with Crippen molar-refractivity contribution in [2.45, 2.75) is 32.1 Å². The Labute approximate surface area is 172 Å². The summed E-state index contributed by atoms with van der Waals surface area (Å²) in [6, 6.07) is 7.42. The van der Waals surface area contributed by atoms with Crippen molar-refractivity contribution in [3.8, 4) is 0 Å². The molecule has 1 aromatic carbocycles. The van der Waals surface area contributed by atoms with Crippen molar-refractivity contribution in [3.05, 3.63) is 34.9 Å². The molecule has 1 aromatic rings. The van der Waals surface area contributed by atoms with Gasteiger partial charge in [-0.2, -0.15) is 17.0 Å². The number of rotatable bonds is 5. The van der Waals surface area contributed by atoms with Gasteiger partial charge in [-0.1, -0.05) is 36.6 Å². The summed E-state index contributed by atoms with van der Waals surface area (Å²) in [6.07, 6.45) is 4.77. The number of nitrogens with one attached hydrogen (secondary N) is 1. The lowest BCUT2D eigenvalue weighted by Gasteiger charge is -2.36. The first kappa shape index (κ1) is 21.4. The molecule has 2 fully saturated rings. The second kappa shape index (κ2) is 9.91. The summed E-state index contributed by atoms with van der Waals surface area (Å²) in [4.78, 5) is 14.1. The number of amides is 2. The van der Waals surface area contributed by atoms with Crippen LogP contribution in [-0.4, -0.2) is 73.8 Å². The Morgan fingerprint density at radius 1 is 0.893 bits per heavy atom. The van der Waals surface area contributed by atoms with Gasteiger partial charge >= 0.3 is 6.03 Å². The molecule has 156 valence electrons. The van der Waals surface area contributed by atoms with E-state index < -0.39 is 10.2 Å². The first-order valence-corrected chi connectivity index (χ1v) is 11.8. The number of nitrogens with zero attached hydrogens (tertiary/aromatic N) is 3. The smallest absolute Gasteiger partial charge is 0.317 e. The van der Waals surface area contributed by atoms with Gasteiger partial charge in [-0.15, -0.1) is 0 Å². The molecule has 0 aromatic heterocycles. The Kier molecular flexibility index (Phi) is 7.56. The average molecular weight is 429 g/mol. The molecule has 0 spiro atoms. The number of halogens is 1. The third-order valence-electron chi connectivity index (χ3n) is 5.35. The van der Waals surface area contributed by atoms with Gasteiger partial charge < -0.3 is 10.2 Å². The molecule has 0 bridgehead atoms. The average Bonchev–Trinajstić information content (AvgIpc) is 3.00. The van der Waals surface area contributed by atoms with Crippen LogP contribution in [0.15, 0.2) is 24.3 Å². The highest BCUT2D eigenvalue weighted by atomic mass is 35.5. The summed E-state index contributed by atoms with van der Waals surface area (Å²) >= 11 is 5.87. The molecule has 2 aliphatic heterocycles. The van der Waals surface area contributed by atoms with Gasteiger partial charge in [-0.05, 0) is 37.0 Å². The molecule has 2 amide bonds. The first-order valence-electron chi connectivity index (χ1n) is 9.99. The molecule has 7 nitrogen and oxygen atoms in total. The Hall–Kier alpha value is -1.35. The lowest BCUT2D eigenvalue weighted by atomic mass is 10.1. The summed E-state index contributed by atoms with van der Waals surface area (Å²) in [5, 5.41) is 3.61. The number of carbonyl (C=O) groups is 1. The van der Waals surface area contributed by atoms with Crippen LogP contribution in [0.3, 0.4) is 0 Å². The lowest BCUT2D eigenvalue weighted by Crippen LogP contribution is -2.56. The predicted molar refractivity (Wildman–Crippen MR) is 111 cm³/mol. The number of hydrogen-bond acceptors (Lipinski definition) is 3. The third-order valence-corrected chi connectivity index (χ3v) is 7.63. The van der Waals surface area contributed by atoms with Crippen molar-refractivity contribution < 1.29 is 13.2 Å². The highest BCUT2D eigenvalue weighted by molar-refractivity contribution is 7.86. The normalized spacial score (nSPS) is 20.0. The van der Waals surface area contributed by atoms with Crippen LogP contribution in [0.1, 0.15) is 31.2 Å². The highest BCUT2D eigenvalue weighted by Crippen LogP contribution is 2.18. The maximum absolute atomic E-state index is 12.8. The van der Waals surface area contributed by atoms with Gasteiger partial charge in [0.15, 0.2) is 0 Å². The van der Waals surface area contributed by atoms with E-state index in [-0.39, 0.29) is 6.03 Å². The molecule has 0 radical (unpaired) electrons. The van der Waals surface area contributed by atoms with E-state index in [0.29, 0.717) is 50.8 Å². The molecule has 0 atom stereocenters. The van der Waals surface area contributed by atoms with Crippen LogP contribution in [0.4, 0.5) is 4.79 Å². The monoisotopic (exact) mass is 428 g/mol. The van der Waals surface area contributed by atoms with Crippen LogP contribution in [0.25, 0.3) is 0 Å². The van der Waals surface area contributed by atoms with E-state index >= 15 is 0 Å². The van der Waals surface area contributed by atoms with Crippen LogP contribution in [0.2, 0.25) is 5.02 Å². The van der Waals surface area contributed by atoms with Crippen molar-refractivity contribution in [2.75, 3.05) is 45.8 Å². The molecule has 1 N–H and O–H groups in total. The number of benzene rings is 1. The van der Waals surface area contributed by atoms with Gasteiger partial charge in [0, 0.05) is 50.8 Å². The molecule has 2 aliphatic rings. The molecule has 2 saturated heterocycles. The Morgan fingerprint density at radius 3 is 2.07 bits per heavy atom. The van der Waals surface area contributed by atoms with E-state index in [1.807, 2.05) is 24.3 Å². The molecule has 0 aliphatic carbocycles. The largest absolute Gasteiger partial charge is 0.338 e. The van der Waals surface area contributed by atoms with E-state index in [4.69, 9.17) is 11.6 Å². The van der Waals surface area contributed by atoms with Crippen LogP contribution < -0.4 is 5.32 Å². The number of piperazine rings is 1. The van der Waals surface area contributed by atoms with E-state index in [1.165, 1.54) is 4.31 Å². The number of hydrogen-bond donors (Lipinski definition) is 1.